The lowest BCUT2D eigenvalue weighted by molar-refractivity contribution is -0.144. The fourth-order valence-electron chi connectivity index (χ4n) is 2.03. The molecule has 5 heteroatoms. The average molecular weight is 247 g/mol. The van der Waals surface area contributed by atoms with Crippen LogP contribution in [0.4, 0.5) is 5.82 Å². The smallest absolute Gasteiger partial charge is 0.229 e. The van der Waals surface area contributed by atoms with Crippen molar-refractivity contribution in [2.45, 2.75) is 32.2 Å². The van der Waals surface area contributed by atoms with Gasteiger partial charge in [0.1, 0.15) is 5.82 Å². The van der Waals surface area contributed by atoms with Gasteiger partial charge in [0.25, 0.3) is 0 Å². The lowest BCUT2D eigenvalue weighted by atomic mass is 10.2. The molecule has 5 nitrogen and oxygen atoms in total. The Kier molecular flexibility index (Phi) is 3.92. The van der Waals surface area contributed by atoms with Gasteiger partial charge in [0.2, 0.25) is 11.8 Å². The number of imide groups is 1. The Morgan fingerprint density at radius 1 is 1.28 bits per heavy atom. The summed E-state index contributed by atoms with van der Waals surface area (Å²) in [5.41, 5.74) is 0.915. The standard InChI is InChI=1S/C13H17N3O2/c1-14-11-8-10(6-7-15-11)9-16-12(17)4-2-3-5-13(16)18/h6-8H,2-5,9H2,1H3,(H,14,15). The first-order chi connectivity index (χ1) is 8.70. The summed E-state index contributed by atoms with van der Waals surface area (Å²) in [6, 6.07) is 3.68. The van der Waals surface area contributed by atoms with E-state index in [1.807, 2.05) is 12.1 Å². The van der Waals surface area contributed by atoms with Gasteiger partial charge in [-0.15, -0.1) is 0 Å². The lowest BCUT2D eigenvalue weighted by Crippen LogP contribution is -2.34. The molecule has 1 N–H and O–H groups in total. The van der Waals surface area contributed by atoms with Crippen molar-refractivity contribution >= 4 is 17.6 Å². The van der Waals surface area contributed by atoms with E-state index in [2.05, 4.69) is 10.3 Å². The number of rotatable bonds is 3. The number of hydrogen-bond acceptors (Lipinski definition) is 4. The van der Waals surface area contributed by atoms with Gasteiger partial charge >= 0.3 is 0 Å². The van der Waals surface area contributed by atoms with Crippen molar-refractivity contribution in [3.05, 3.63) is 23.9 Å². The minimum Gasteiger partial charge on any atom is -0.373 e. The molecule has 2 rings (SSSR count). The molecule has 0 unspecified atom stereocenters. The minimum atomic E-state index is -0.0691. The average Bonchev–Trinajstić information content (AvgIpc) is 2.54. The van der Waals surface area contributed by atoms with Crippen LogP contribution in [0.15, 0.2) is 18.3 Å². The number of nitrogens with zero attached hydrogens (tertiary/aromatic N) is 2. The van der Waals surface area contributed by atoms with Crippen molar-refractivity contribution in [1.82, 2.24) is 9.88 Å². The quantitative estimate of drug-likeness (QED) is 0.823. The van der Waals surface area contributed by atoms with Crippen LogP contribution in [0, 0.1) is 0 Å². The molecule has 2 heterocycles. The van der Waals surface area contributed by atoms with Crippen molar-refractivity contribution in [1.29, 1.82) is 0 Å². The largest absolute Gasteiger partial charge is 0.373 e. The van der Waals surface area contributed by atoms with E-state index in [1.54, 1.807) is 13.2 Å². The Labute approximate surface area is 106 Å². The molecule has 0 atom stereocenters. The summed E-state index contributed by atoms with van der Waals surface area (Å²) in [5.74, 6) is 0.600. The zero-order valence-electron chi connectivity index (χ0n) is 10.5. The third-order valence-electron chi connectivity index (χ3n) is 3.05. The molecule has 0 spiro atoms. The van der Waals surface area contributed by atoms with Crippen molar-refractivity contribution in [3.8, 4) is 0 Å². The fourth-order valence-corrected chi connectivity index (χ4v) is 2.03. The summed E-state index contributed by atoms with van der Waals surface area (Å²) < 4.78 is 0. The molecule has 1 aromatic rings. The highest BCUT2D eigenvalue weighted by Gasteiger charge is 2.23. The van der Waals surface area contributed by atoms with Crippen LogP contribution in [0.3, 0.4) is 0 Å². The van der Waals surface area contributed by atoms with Crippen molar-refractivity contribution < 1.29 is 9.59 Å². The molecule has 1 aliphatic rings. The first-order valence-corrected chi connectivity index (χ1v) is 6.16. The van der Waals surface area contributed by atoms with E-state index in [1.165, 1.54) is 4.90 Å². The Bertz CT molecular complexity index is 441. The van der Waals surface area contributed by atoms with Crippen LogP contribution in [-0.4, -0.2) is 28.7 Å². The number of likely N-dealkylation sites (tertiary alicyclic amines) is 1. The number of carbonyl (C=O) groups is 2. The molecule has 0 saturated carbocycles. The second kappa shape index (κ2) is 5.62. The van der Waals surface area contributed by atoms with Gasteiger partial charge in [-0.3, -0.25) is 14.5 Å². The van der Waals surface area contributed by atoms with Gasteiger partial charge in [-0.1, -0.05) is 0 Å². The number of amides is 2. The Hall–Kier alpha value is -1.91. The summed E-state index contributed by atoms with van der Waals surface area (Å²) in [6.45, 7) is 0.342. The van der Waals surface area contributed by atoms with Gasteiger partial charge in [0.15, 0.2) is 0 Å². The van der Waals surface area contributed by atoms with Gasteiger partial charge in [0.05, 0.1) is 6.54 Å². The van der Waals surface area contributed by atoms with Crippen LogP contribution in [0.5, 0.6) is 0 Å². The molecule has 0 radical (unpaired) electrons. The van der Waals surface area contributed by atoms with E-state index in [0.717, 1.165) is 24.2 Å². The molecule has 2 amide bonds. The number of nitrogens with one attached hydrogen (secondary N) is 1. The summed E-state index contributed by atoms with van der Waals surface area (Å²) in [6.07, 6.45) is 4.22. The van der Waals surface area contributed by atoms with Crippen LogP contribution in [-0.2, 0) is 16.1 Å². The molecule has 1 saturated heterocycles. The van der Waals surface area contributed by atoms with Crippen molar-refractivity contribution in [2.24, 2.45) is 0 Å². The highest BCUT2D eigenvalue weighted by Crippen LogP contribution is 2.16. The van der Waals surface area contributed by atoms with E-state index < -0.39 is 0 Å². The molecule has 0 aliphatic carbocycles. The molecular weight excluding hydrogens is 230 g/mol. The van der Waals surface area contributed by atoms with E-state index in [9.17, 15) is 9.59 Å². The minimum absolute atomic E-state index is 0.0691. The normalized spacial score (nSPS) is 16.6. The third kappa shape index (κ3) is 2.85. The first-order valence-electron chi connectivity index (χ1n) is 6.16. The van der Waals surface area contributed by atoms with Gasteiger partial charge in [-0.2, -0.15) is 0 Å². The molecule has 0 bridgehead atoms. The highest BCUT2D eigenvalue weighted by atomic mass is 16.2. The molecular formula is C13H17N3O2. The van der Waals surface area contributed by atoms with Crippen LogP contribution in [0.25, 0.3) is 0 Å². The highest BCUT2D eigenvalue weighted by molar-refractivity contribution is 5.95. The van der Waals surface area contributed by atoms with Crippen LogP contribution >= 0.6 is 0 Å². The Morgan fingerprint density at radius 3 is 2.56 bits per heavy atom. The zero-order chi connectivity index (χ0) is 13.0. The predicted octanol–water partition coefficient (Wildman–Crippen LogP) is 1.55. The molecule has 18 heavy (non-hydrogen) atoms. The van der Waals surface area contributed by atoms with Crippen LogP contribution < -0.4 is 5.32 Å². The second-order valence-electron chi connectivity index (χ2n) is 4.38. The predicted molar refractivity (Wildman–Crippen MR) is 67.8 cm³/mol. The topological polar surface area (TPSA) is 62.3 Å². The van der Waals surface area contributed by atoms with Crippen molar-refractivity contribution in [2.75, 3.05) is 12.4 Å². The number of carbonyl (C=O) groups excluding carboxylic acids is 2. The maximum atomic E-state index is 11.9. The second-order valence-corrected chi connectivity index (χ2v) is 4.38. The zero-order valence-corrected chi connectivity index (χ0v) is 10.5. The number of anilines is 1. The molecule has 1 aromatic heterocycles. The summed E-state index contributed by atoms with van der Waals surface area (Å²) in [4.78, 5) is 29.2. The number of hydrogen-bond donors (Lipinski definition) is 1. The summed E-state index contributed by atoms with van der Waals surface area (Å²) in [5, 5.41) is 2.94. The maximum Gasteiger partial charge on any atom is 0.229 e. The number of aromatic nitrogens is 1. The molecule has 0 aromatic carbocycles. The maximum absolute atomic E-state index is 11.9. The van der Waals surface area contributed by atoms with E-state index >= 15 is 0 Å². The number of pyridine rings is 1. The van der Waals surface area contributed by atoms with E-state index in [-0.39, 0.29) is 11.8 Å². The lowest BCUT2D eigenvalue weighted by Gasteiger charge is -2.18. The van der Waals surface area contributed by atoms with E-state index in [4.69, 9.17) is 0 Å². The molecule has 1 fully saturated rings. The first kappa shape index (κ1) is 12.5. The Balaban J connectivity index is 2.14. The monoisotopic (exact) mass is 247 g/mol. The van der Waals surface area contributed by atoms with Crippen molar-refractivity contribution in [3.63, 3.8) is 0 Å². The van der Waals surface area contributed by atoms with E-state index in [0.29, 0.717) is 19.4 Å². The Morgan fingerprint density at radius 2 is 1.94 bits per heavy atom. The van der Waals surface area contributed by atoms with Crippen LogP contribution in [0.1, 0.15) is 31.2 Å². The third-order valence-corrected chi connectivity index (χ3v) is 3.05. The molecule has 96 valence electrons. The van der Waals surface area contributed by atoms with Crippen LogP contribution in [0.2, 0.25) is 0 Å². The van der Waals surface area contributed by atoms with Gasteiger partial charge in [-0.25, -0.2) is 4.98 Å². The summed E-state index contributed by atoms with van der Waals surface area (Å²) >= 11 is 0. The summed E-state index contributed by atoms with van der Waals surface area (Å²) in [7, 11) is 1.79. The SMILES string of the molecule is CNc1cc(CN2C(=O)CCCCC2=O)ccn1. The van der Waals surface area contributed by atoms with Gasteiger partial charge < -0.3 is 5.32 Å². The fraction of sp³-hybridized carbons (Fsp3) is 0.462. The molecule has 1 aliphatic heterocycles. The van der Waals surface area contributed by atoms with Gasteiger partial charge in [0, 0.05) is 26.1 Å². The van der Waals surface area contributed by atoms with Gasteiger partial charge in [-0.05, 0) is 30.5 Å².